The maximum Gasteiger partial charge on any atom is 0.321 e. The minimum absolute atomic E-state index is 0.120. The molecule has 2 aromatic carbocycles. The molecule has 0 radical (unpaired) electrons. The number of para-hydroxylation sites is 1. The molecule has 6 heteroatoms. The van der Waals surface area contributed by atoms with Crippen molar-refractivity contribution >= 4 is 11.7 Å². The number of nitrogens with one attached hydrogen (secondary N) is 1. The van der Waals surface area contributed by atoms with Crippen molar-refractivity contribution in [1.82, 2.24) is 4.90 Å². The monoisotopic (exact) mass is 356 g/mol. The Kier molecular flexibility index (Phi) is 5.21. The van der Waals surface area contributed by atoms with Gasteiger partial charge in [-0.1, -0.05) is 18.2 Å². The van der Waals surface area contributed by atoms with Gasteiger partial charge in [-0.05, 0) is 26.0 Å². The molecule has 138 valence electrons. The van der Waals surface area contributed by atoms with E-state index in [1.165, 1.54) is 4.90 Å². The number of hydrogen-bond donors (Lipinski definition) is 2. The lowest BCUT2D eigenvalue weighted by Gasteiger charge is -2.20. The van der Waals surface area contributed by atoms with Crippen molar-refractivity contribution in [2.24, 2.45) is 0 Å². The van der Waals surface area contributed by atoms with E-state index in [4.69, 9.17) is 9.47 Å². The zero-order valence-corrected chi connectivity index (χ0v) is 15.3. The number of ether oxygens (including phenoxy) is 2. The lowest BCUT2D eigenvalue weighted by atomic mass is 10.1. The normalized spacial score (nSPS) is 15.1. The second-order valence-electron chi connectivity index (χ2n) is 6.44. The Hall–Kier alpha value is -2.89. The van der Waals surface area contributed by atoms with Gasteiger partial charge in [0.05, 0.1) is 18.8 Å². The average molecular weight is 356 g/mol. The Morgan fingerprint density at radius 1 is 1.38 bits per heavy atom. The number of nitrogens with zero attached hydrogens (tertiary/aromatic N) is 1. The van der Waals surface area contributed by atoms with Gasteiger partial charge in [-0.2, -0.15) is 0 Å². The average Bonchev–Trinajstić information content (AvgIpc) is 2.96. The predicted molar refractivity (Wildman–Crippen MR) is 100.0 cm³/mol. The minimum atomic E-state index is -0.291. The van der Waals surface area contributed by atoms with Crippen LogP contribution in [0.4, 0.5) is 10.5 Å². The van der Waals surface area contributed by atoms with Crippen LogP contribution < -0.4 is 14.8 Å². The van der Waals surface area contributed by atoms with Crippen LogP contribution in [0.15, 0.2) is 36.4 Å². The summed E-state index contributed by atoms with van der Waals surface area (Å²) in [5.74, 6) is 1.58. The number of amides is 2. The zero-order chi connectivity index (χ0) is 18.7. The number of carbonyl (C=O) groups excluding carboxylic acids is 1. The predicted octanol–water partition coefficient (Wildman–Crippen LogP) is 3.78. The first kappa shape index (κ1) is 17.9. The quantitative estimate of drug-likeness (QED) is 0.855. The number of phenolic OH excluding ortho intramolecular Hbond substituents is 1. The molecule has 2 aromatic rings. The number of aromatic hydroxyl groups is 1. The number of benzene rings is 2. The first-order valence-electron chi connectivity index (χ1n) is 8.73. The van der Waals surface area contributed by atoms with Crippen LogP contribution in [0.1, 0.15) is 25.0 Å². The second-order valence-corrected chi connectivity index (χ2v) is 6.44. The molecule has 0 aromatic heterocycles. The molecule has 0 saturated carbocycles. The van der Waals surface area contributed by atoms with E-state index >= 15 is 0 Å². The molecule has 1 heterocycles. The molecule has 0 aliphatic carbocycles. The van der Waals surface area contributed by atoms with Crippen molar-refractivity contribution < 1.29 is 19.4 Å². The van der Waals surface area contributed by atoms with E-state index in [0.29, 0.717) is 30.2 Å². The number of fused-ring (bicyclic) bond motifs is 1. The van der Waals surface area contributed by atoms with E-state index < -0.39 is 0 Å². The molecular formula is C20H24N2O4. The van der Waals surface area contributed by atoms with Crippen LogP contribution in [-0.4, -0.2) is 35.8 Å². The lowest BCUT2D eigenvalue weighted by Crippen LogP contribution is -2.31. The molecule has 0 bridgehead atoms. The summed E-state index contributed by atoms with van der Waals surface area (Å²) >= 11 is 0. The molecule has 1 atom stereocenters. The number of urea groups is 1. The van der Waals surface area contributed by atoms with E-state index in [1.54, 1.807) is 25.2 Å². The molecule has 2 amide bonds. The fourth-order valence-corrected chi connectivity index (χ4v) is 2.99. The van der Waals surface area contributed by atoms with Gasteiger partial charge in [0.25, 0.3) is 0 Å². The molecule has 1 aliphatic heterocycles. The van der Waals surface area contributed by atoms with Crippen LogP contribution in [0.5, 0.6) is 17.2 Å². The number of phenols is 1. The molecule has 1 aliphatic rings. The summed E-state index contributed by atoms with van der Waals surface area (Å²) in [5.41, 5.74) is 2.34. The highest BCUT2D eigenvalue weighted by Crippen LogP contribution is 2.38. The van der Waals surface area contributed by atoms with Crippen LogP contribution in [0.3, 0.4) is 0 Å². The third-order valence-corrected chi connectivity index (χ3v) is 4.29. The van der Waals surface area contributed by atoms with Gasteiger partial charge < -0.3 is 24.8 Å². The van der Waals surface area contributed by atoms with Crippen molar-refractivity contribution in [3.8, 4) is 17.2 Å². The maximum atomic E-state index is 12.6. The van der Waals surface area contributed by atoms with E-state index in [0.717, 1.165) is 17.7 Å². The smallest absolute Gasteiger partial charge is 0.321 e. The first-order valence-corrected chi connectivity index (χ1v) is 8.73. The Balaban J connectivity index is 1.76. The second kappa shape index (κ2) is 7.56. The lowest BCUT2D eigenvalue weighted by molar-refractivity contribution is 0.220. The molecule has 6 nitrogen and oxygen atoms in total. The number of hydrogen-bond acceptors (Lipinski definition) is 4. The molecule has 0 spiro atoms. The molecule has 2 N–H and O–H groups in total. The third kappa shape index (κ3) is 3.85. The zero-order valence-electron chi connectivity index (χ0n) is 15.3. The van der Waals surface area contributed by atoms with Gasteiger partial charge in [0, 0.05) is 30.7 Å². The van der Waals surface area contributed by atoms with E-state index in [-0.39, 0.29) is 17.9 Å². The van der Waals surface area contributed by atoms with Gasteiger partial charge in [-0.25, -0.2) is 4.79 Å². The third-order valence-electron chi connectivity index (χ3n) is 4.29. The molecule has 3 rings (SSSR count). The highest BCUT2D eigenvalue weighted by molar-refractivity contribution is 5.91. The number of carbonyl (C=O) groups is 1. The maximum absolute atomic E-state index is 12.6. The minimum Gasteiger partial charge on any atom is -0.508 e. The van der Waals surface area contributed by atoms with Gasteiger partial charge in [0.15, 0.2) is 0 Å². The summed E-state index contributed by atoms with van der Waals surface area (Å²) in [5, 5.41) is 12.8. The van der Waals surface area contributed by atoms with Crippen LogP contribution in [-0.2, 0) is 13.0 Å². The van der Waals surface area contributed by atoms with Gasteiger partial charge >= 0.3 is 6.03 Å². The topological polar surface area (TPSA) is 71.0 Å². The summed E-state index contributed by atoms with van der Waals surface area (Å²) in [6, 6.07) is 10.4. The number of rotatable bonds is 5. The molecule has 26 heavy (non-hydrogen) atoms. The summed E-state index contributed by atoms with van der Waals surface area (Å²) < 4.78 is 11.5. The van der Waals surface area contributed by atoms with Crippen LogP contribution in [0.25, 0.3) is 0 Å². The number of anilines is 1. The van der Waals surface area contributed by atoms with E-state index in [1.807, 2.05) is 32.0 Å². The van der Waals surface area contributed by atoms with E-state index in [9.17, 15) is 9.90 Å². The fraction of sp³-hybridized carbons (Fsp3) is 0.350. The Morgan fingerprint density at radius 2 is 2.15 bits per heavy atom. The molecular weight excluding hydrogens is 332 g/mol. The Bertz CT molecular complexity index is 806. The van der Waals surface area contributed by atoms with Crippen molar-refractivity contribution in [3.63, 3.8) is 0 Å². The van der Waals surface area contributed by atoms with Crippen LogP contribution in [0, 0.1) is 0 Å². The summed E-state index contributed by atoms with van der Waals surface area (Å²) in [7, 11) is 1.67. The molecule has 0 fully saturated rings. The fourth-order valence-electron chi connectivity index (χ4n) is 2.99. The largest absolute Gasteiger partial charge is 0.508 e. The van der Waals surface area contributed by atoms with Crippen molar-refractivity contribution in [1.29, 1.82) is 0 Å². The molecule has 0 unspecified atom stereocenters. The summed E-state index contributed by atoms with van der Waals surface area (Å²) in [6.07, 6.45) is 0.950. The van der Waals surface area contributed by atoms with Crippen molar-refractivity contribution in [2.75, 3.05) is 19.0 Å². The first-order chi connectivity index (χ1) is 12.5. The summed E-state index contributed by atoms with van der Waals surface area (Å²) in [6.45, 7) is 4.72. The summed E-state index contributed by atoms with van der Waals surface area (Å²) in [4.78, 5) is 14.1. The van der Waals surface area contributed by atoms with Gasteiger partial charge in [0.1, 0.15) is 23.4 Å². The van der Waals surface area contributed by atoms with Gasteiger partial charge in [-0.3, -0.25) is 0 Å². The molecule has 0 saturated heterocycles. The van der Waals surface area contributed by atoms with Crippen LogP contribution in [0.2, 0.25) is 0 Å². The Labute approximate surface area is 153 Å². The van der Waals surface area contributed by atoms with Crippen LogP contribution >= 0.6 is 0 Å². The standard InChI is InChI=1S/C20H24N2O4/c1-4-25-19-10-15-9-13(2)26-18(15)11-16(19)21-20(24)22(3)12-14-7-5-6-8-17(14)23/h5-8,10-11,13,23H,4,9,12H2,1-3H3,(H,21,24)/t13-/m0/s1. The van der Waals surface area contributed by atoms with Crippen molar-refractivity contribution in [2.45, 2.75) is 32.9 Å². The van der Waals surface area contributed by atoms with Crippen molar-refractivity contribution in [3.05, 3.63) is 47.5 Å². The van der Waals surface area contributed by atoms with Gasteiger partial charge in [-0.15, -0.1) is 0 Å². The van der Waals surface area contributed by atoms with Gasteiger partial charge in [0.2, 0.25) is 0 Å². The highest BCUT2D eigenvalue weighted by atomic mass is 16.5. The Morgan fingerprint density at radius 3 is 2.88 bits per heavy atom. The van der Waals surface area contributed by atoms with E-state index in [2.05, 4.69) is 5.32 Å². The highest BCUT2D eigenvalue weighted by Gasteiger charge is 2.23. The SMILES string of the molecule is CCOc1cc2c(cc1NC(=O)N(C)Cc1ccccc1O)O[C@@H](C)C2.